The number of carboxylic acid groups (broad SMARTS) is 1. The predicted molar refractivity (Wildman–Crippen MR) is 190 cm³/mol. The lowest BCUT2D eigenvalue weighted by Gasteiger charge is -2.34. The topological polar surface area (TPSA) is 94.5 Å². The third-order valence-corrected chi connectivity index (χ3v) is 9.96. The molecular weight excluding hydrogens is 626 g/mol. The maximum atomic E-state index is 14.9. The largest absolute Gasteiger partial charge is 0.494 e. The number of aryl methyl sites for hydroxylation is 5. The highest BCUT2D eigenvalue weighted by molar-refractivity contribution is 6.35. The number of hydrogen-bond acceptors (Lipinski definition) is 4. The number of ether oxygens (including phenoxy) is 1. The molecule has 10 heteroatoms. The van der Waals surface area contributed by atoms with E-state index < -0.39 is 5.97 Å². The molecule has 6 aromatic rings. The minimum Gasteiger partial charge on any atom is -0.494 e. The average molecular weight is 664 g/mol. The molecule has 246 valence electrons. The smallest absolute Gasteiger partial charge is 0.335 e. The number of carbonyl (C=O) groups excluding carboxylic acids is 1. The van der Waals surface area contributed by atoms with E-state index in [2.05, 4.69) is 11.5 Å². The number of fused-ring (bicyclic) bond motifs is 4. The molecule has 1 amide bonds. The van der Waals surface area contributed by atoms with E-state index in [0.717, 1.165) is 61.2 Å². The van der Waals surface area contributed by atoms with Crippen molar-refractivity contribution in [2.75, 3.05) is 18.1 Å². The second kappa shape index (κ2) is 11.9. The number of nitrogens with zero attached hydrogens (tertiary/aromatic N) is 5. The van der Waals surface area contributed by atoms with E-state index in [9.17, 15) is 14.7 Å². The van der Waals surface area contributed by atoms with Gasteiger partial charge in [-0.25, -0.2) is 4.79 Å². The van der Waals surface area contributed by atoms with E-state index in [0.29, 0.717) is 42.4 Å². The summed E-state index contributed by atoms with van der Waals surface area (Å²) in [6.07, 6.45) is 3.22. The SMILES string of the molecule is Cc1cccc(OCCCc2c3n(c4c(-c5c(C)nn(C)c5C)c(Cl)ccc24)[C@H](C)CN(c2cn(C)c4ccc(C(=O)O)cc24)C3=O)c1. The molecule has 1 N–H and O–H groups in total. The van der Waals surface area contributed by atoms with Crippen molar-refractivity contribution >= 4 is 51.0 Å². The third-order valence-electron chi connectivity index (χ3n) is 9.65. The molecule has 0 fully saturated rings. The van der Waals surface area contributed by atoms with Crippen LogP contribution < -0.4 is 9.64 Å². The van der Waals surface area contributed by atoms with Gasteiger partial charge < -0.3 is 23.9 Å². The van der Waals surface area contributed by atoms with Gasteiger partial charge in [0.05, 0.1) is 34.1 Å². The molecule has 4 heterocycles. The van der Waals surface area contributed by atoms with Crippen LogP contribution in [0.3, 0.4) is 0 Å². The molecule has 48 heavy (non-hydrogen) atoms. The Hall–Kier alpha value is -5.02. The number of aromatic nitrogens is 4. The minimum atomic E-state index is -1.01. The fraction of sp³-hybridized carbons (Fsp3) is 0.289. The lowest BCUT2D eigenvalue weighted by atomic mass is 9.98. The van der Waals surface area contributed by atoms with Crippen molar-refractivity contribution in [3.63, 3.8) is 0 Å². The number of aromatic carboxylic acids is 1. The Morgan fingerprint density at radius 3 is 2.54 bits per heavy atom. The molecule has 0 saturated heterocycles. The molecular formula is C38H38ClN5O4. The molecule has 1 aliphatic heterocycles. The van der Waals surface area contributed by atoms with Gasteiger partial charge in [-0.1, -0.05) is 29.8 Å². The molecule has 9 nitrogen and oxygen atoms in total. The number of amides is 1. The van der Waals surface area contributed by atoms with Crippen LogP contribution in [-0.4, -0.2) is 49.0 Å². The van der Waals surface area contributed by atoms with Crippen LogP contribution in [0, 0.1) is 20.8 Å². The van der Waals surface area contributed by atoms with Crippen molar-refractivity contribution in [3.05, 3.63) is 99.6 Å². The maximum absolute atomic E-state index is 14.9. The monoisotopic (exact) mass is 663 g/mol. The number of hydrogen-bond donors (Lipinski definition) is 1. The normalized spacial score (nSPS) is 14.7. The standard InChI is InChI=1S/C38H38ClN5O4/c1-21-9-7-10-26(17-21)48-16-8-11-27-28-13-14-30(39)34(33-23(3)40-42(6)24(33)4)35(28)44-22(2)19-43(37(45)36(27)44)32-20-41(5)31-15-12-25(38(46)47)18-29(31)32/h7,9-10,12-15,17-18,20,22H,8,11,16,19H2,1-6H3,(H,46,47)/t22-/m1/s1. The fourth-order valence-corrected chi connectivity index (χ4v) is 7.62. The zero-order valence-corrected chi connectivity index (χ0v) is 28.7. The van der Waals surface area contributed by atoms with Gasteiger partial charge in [0.1, 0.15) is 11.4 Å². The van der Waals surface area contributed by atoms with E-state index in [4.69, 9.17) is 21.4 Å². The predicted octanol–water partition coefficient (Wildman–Crippen LogP) is 8.04. The van der Waals surface area contributed by atoms with Crippen molar-refractivity contribution in [2.24, 2.45) is 14.1 Å². The molecule has 0 unspecified atom stereocenters. The van der Waals surface area contributed by atoms with Crippen LogP contribution in [0.25, 0.3) is 32.9 Å². The van der Waals surface area contributed by atoms with Gasteiger partial charge in [0, 0.05) is 66.0 Å². The molecule has 1 atom stereocenters. The maximum Gasteiger partial charge on any atom is 0.335 e. The quantitative estimate of drug-likeness (QED) is 0.166. The second-order valence-corrected chi connectivity index (χ2v) is 13.3. The van der Waals surface area contributed by atoms with E-state index >= 15 is 0 Å². The van der Waals surface area contributed by atoms with Gasteiger partial charge in [-0.05, 0) is 88.1 Å². The lowest BCUT2D eigenvalue weighted by molar-refractivity contribution is 0.0696. The molecule has 3 aromatic carbocycles. The van der Waals surface area contributed by atoms with Crippen LogP contribution in [0.1, 0.15) is 62.7 Å². The summed E-state index contributed by atoms with van der Waals surface area (Å²) in [5, 5.41) is 16.8. The first kappa shape index (κ1) is 31.6. The molecule has 7 rings (SSSR count). The summed E-state index contributed by atoms with van der Waals surface area (Å²) in [5.41, 5.74) is 9.06. The van der Waals surface area contributed by atoms with Gasteiger partial charge in [-0.15, -0.1) is 0 Å². The highest BCUT2D eigenvalue weighted by Gasteiger charge is 2.37. The molecule has 0 radical (unpaired) electrons. The van der Waals surface area contributed by atoms with Crippen LogP contribution in [0.5, 0.6) is 5.75 Å². The average Bonchev–Trinajstić information content (AvgIpc) is 3.65. The Labute approximate surface area is 283 Å². The number of anilines is 1. The number of rotatable bonds is 8. The van der Waals surface area contributed by atoms with Gasteiger partial charge in [-0.3, -0.25) is 9.48 Å². The molecule has 0 spiro atoms. The highest BCUT2D eigenvalue weighted by atomic mass is 35.5. The number of benzene rings is 3. The molecule has 3 aromatic heterocycles. The van der Waals surface area contributed by atoms with E-state index in [1.807, 2.05) is 86.7 Å². The zero-order valence-electron chi connectivity index (χ0n) is 28.0. The van der Waals surface area contributed by atoms with Crippen LogP contribution >= 0.6 is 11.6 Å². The fourth-order valence-electron chi connectivity index (χ4n) is 7.37. The summed E-state index contributed by atoms with van der Waals surface area (Å²) in [4.78, 5) is 28.6. The molecule has 0 bridgehead atoms. The van der Waals surface area contributed by atoms with Crippen molar-refractivity contribution in [1.29, 1.82) is 0 Å². The molecule has 1 aliphatic rings. The Bertz CT molecular complexity index is 2280. The summed E-state index contributed by atoms with van der Waals surface area (Å²) in [7, 11) is 3.84. The van der Waals surface area contributed by atoms with Crippen molar-refractivity contribution in [2.45, 2.75) is 46.6 Å². The van der Waals surface area contributed by atoms with E-state index in [-0.39, 0.29) is 17.5 Å². The van der Waals surface area contributed by atoms with Crippen LogP contribution in [0.2, 0.25) is 5.02 Å². The molecule has 0 saturated carbocycles. The first-order chi connectivity index (χ1) is 23.0. The van der Waals surface area contributed by atoms with Crippen molar-refractivity contribution < 1.29 is 19.4 Å². The van der Waals surface area contributed by atoms with Gasteiger partial charge in [-0.2, -0.15) is 5.10 Å². The minimum absolute atomic E-state index is 0.120. The summed E-state index contributed by atoms with van der Waals surface area (Å²) in [6, 6.07) is 16.9. The van der Waals surface area contributed by atoms with Gasteiger partial charge in [0.25, 0.3) is 5.91 Å². The van der Waals surface area contributed by atoms with E-state index in [1.54, 1.807) is 23.1 Å². The Balaban J connectivity index is 1.40. The van der Waals surface area contributed by atoms with E-state index in [1.165, 1.54) is 0 Å². The second-order valence-electron chi connectivity index (χ2n) is 12.9. The Morgan fingerprint density at radius 2 is 1.83 bits per heavy atom. The lowest BCUT2D eigenvalue weighted by Crippen LogP contribution is -2.42. The third kappa shape index (κ3) is 5.04. The van der Waals surface area contributed by atoms with Crippen LogP contribution in [-0.2, 0) is 20.5 Å². The van der Waals surface area contributed by atoms with Gasteiger partial charge in [0.15, 0.2) is 0 Å². The number of halogens is 1. The Kier molecular flexibility index (Phi) is 7.83. The number of carboxylic acids is 1. The van der Waals surface area contributed by atoms with Crippen molar-refractivity contribution in [3.8, 4) is 16.9 Å². The first-order valence-electron chi connectivity index (χ1n) is 16.2. The summed E-state index contributed by atoms with van der Waals surface area (Å²) < 4.78 is 12.1. The zero-order chi connectivity index (χ0) is 34.0. The highest BCUT2D eigenvalue weighted by Crippen LogP contribution is 2.45. The first-order valence-corrected chi connectivity index (χ1v) is 16.5. The summed E-state index contributed by atoms with van der Waals surface area (Å²) >= 11 is 7.05. The van der Waals surface area contributed by atoms with Gasteiger partial charge in [0.2, 0.25) is 0 Å². The van der Waals surface area contributed by atoms with Crippen LogP contribution in [0.15, 0.2) is 60.8 Å². The summed E-state index contributed by atoms with van der Waals surface area (Å²) in [5.74, 6) is -0.317. The Morgan fingerprint density at radius 1 is 1.04 bits per heavy atom. The number of carbonyl (C=O) groups is 2. The van der Waals surface area contributed by atoms with Crippen molar-refractivity contribution in [1.82, 2.24) is 18.9 Å². The molecule has 0 aliphatic carbocycles. The summed E-state index contributed by atoms with van der Waals surface area (Å²) in [6.45, 7) is 9.08. The van der Waals surface area contributed by atoms with Crippen LogP contribution in [0.4, 0.5) is 5.69 Å². The van der Waals surface area contributed by atoms with Gasteiger partial charge >= 0.3 is 5.97 Å².